The van der Waals surface area contributed by atoms with Gasteiger partial charge in [-0.05, 0) is 13.0 Å². The van der Waals surface area contributed by atoms with Crippen LogP contribution in [0.4, 0.5) is 0 Å². The number of rotatable bonds is 2. The Kier molecular flexibility index (Phi) is 2.57. The number of nitrogens with two attached hydrogens (primary N) is 1. The van der Waals surface area contributed by atoms with E-state index in [0.717, 1.165) is 0 Å². The van der Waals surface area contributed by atoms with Crippen molar-refractivity contribution in [2.75, 3.05) is 0 Å². The van der Waals surface area contributed by atoms with E-state index in [1.165, 1.54) is 4.68 Å². The van der Waals surface area contributed by atoms with Gasteiger partial charge in [0.1, 0.15) is 6.07 Å². The monoisotopic (exact) mass is 215 g/mol. The predicted octanol–water partition coefficient (Wildman–Crippen LogP) is -0.0513. The Bertz CT molecular complexity index is 523. The Morgan fingerprint density at radius 2 is 2.12 bits per heavy atom. The van der Waals surface area contributed by atoms with Crippen molar-refractivity contribution in [3.8, 4) is 12.0 Å². The number of aromatic nitrogens is 5. The minimum atomic E-state index is -0.349. The van der Waals surface area contributed by atoms with Gasteiger partial charge >= 0.3 is 0 Å². The maximum atomic E-state index is 8.73. The molecular weight excluding hydrogens is 206 g/mol. The molecule has 0 saturated carbocycles. The molecule has 2 rings (SSSR count). The van der Waals surface area contributed by atoms with Crippen LogP contribution in [0.1, 0.15) is 24.6 Å². The maximum Gasteiger partial charge on any atom is 0.253 e. The van der Waals surface area contributed by atoms with Crippen molar-refractivity contribution in [2.24, 2.45) is 5.73 Å². The molecule has 0 aromatic carbocycles. The molecule has 2 aromatic heterocycles. The largest absolute Gasteiger partial charge is 0.322 e. The van der Waals surface area contributed by atoms with Gasteiger partial charge in [0.05, 0.1) is 6.04 Å². The molecule has 0 bridgehead atoms. The minimum Gasteiger partial charge on any atom is -0.322 e. The molecule has 2 N–H and O–H groups in total. The molecule has 2 aromatic rings. The fourth-order valence-electron chi connectivity index (χ4n) is 1.21. The Hall–Kier alpha value is -2.33. The molecular formula is C9H9N7. The third-order valence-electron chi connectivity index (χ3n) is 1.88. The average molecular weight is 215 g/mol. The van der Waals surface area contributed by atoms with Gasteiger partial charge in [-0.15, -0.1) is 5.10 Å². The van der Waals surface area contributed by atoms with Gasteiger partial charge in [-0.1, -0.05) is 0 Å². The Labute approximate surface area is 91.6 Å². The third kappa shape index (κ3) is 1.74. The summed E-state index contributed by atoms with van der Waals surface area (Å²) in [6, 6.07) is 3.20. The lowest BCUT2D eigenvalue weighted by Gasteiger charge is -2.05. The Morgan fingerprint density at radius 3 is 2.69 bits per heavy atom. The molecule has 0 amide bonds. The van der Waals surface area contributed by atoms with Crippen molar-refractivity contribution >= 4 is 0 Å². The molecule has 0 radical (unpaired) electrons. The highest BCUT2D eigenvalue weighted by Crippen LogP contribution is 2.10. The molecule has 2 heterocycles. The second-order valence-corrected chi connectivity index (χ2v) is 3.15. The van der Waals surface area contributed by atoms with Crippen LogP contribution in [0.2, 0.25) is 0 Å². The molecule has 0 saturated heterocycles. The van der Waals surface area contributed by atoms with Crippen LogP contribution < -0.4 is 5.73 Å². The SMILES string of the molecule is CC(N)c1nc(C#N)nn1-c1ncccn1. The maximum absolute atomic E-state index is 8.73. The predicted molar refractivity (Wildman–Crippen MR) is 54.3 cm³/mol. The van der Waals surface area contributed by atoms with Crippen LogP contribution in [-0.4, -0.2) is 24.7 Å². The molecule has 16 heavy (non-hydrogen) atoms. The summed E-state index contributed by atoms with van der Waals surface area (Å²) in [5.74, 6) is 0.867. The van der Waals surface area contributed by atoms with Gasteiger partial charge in [0.15, 0.2) is 5.82 Å². The van der Waals surface area contributed by atoms with Gasteiger partial charge in [0.25, 0.3) is 11.8 Å². The van der Waals surface area contributed by atoms with E-state index in [2.05, 4.69) is 20.1 Å². The molecule has 1 unspecified atom stereocenters. The van der Waals surface area contributed by atoms with E-state index in [1.807, 2.05) is 6.07 Å². The second-order valence-electron chi connectivity index (χ2n) is 3.15. The summed E-state index contributed by atoms with van der Waals surface area (Å²) >= 11 is 0. The number of nitriles is 1. The highest BCUT2D eigenvalue weighted by molar-refractivity contribution is 5.18. The Morgan fingerprint density at radius 1 is 1.44 bits per heavy atom. The first-order valence-electron chi connectivity index (χ1n) is 4.62. The van der Waals surface area contributed by atoms with Crippen LogP contribution in [0.3, 0.4) is 0 Å². The fourth-order valence-corrected chi connectivity index (χ4v) is 1.21. The van der Waals surface area contributed by atoms with Gasteiger partial charge in [0, 0.05) is 12.4 Å². The quantitative estimate of drug-likeness (QED) is 0.752. The van der Waals surface area contributed by atoms with Crippen molar-refractivity contribution < 1.29 is 0 Å². The number of hydrogen-bond donors (Lipinski definition) is 1. The van der Waals surface area contributed by atoms with E-state index in [9.17, 15) is 0 Å². The molecule has 0 spiro atoms. The molecule has 0 fully saturated rings. The highest BCUT2D eigenvalue weighted by Gasteiger charge is 2.15. The van der Waals surface area contributed by atoms with Crippen LogP contribution >= 0.6 is 0 Å². The van der Waals surface area contributed by atoms with Crippen molar-refractivity contribution in [2.45, 2.75) is 13.0 Å². The van der Waals surface area contributed by atoms with Crippen LogP contribution in [-0.2, 0) is 0 Å². The molecule has 0 aliphatic rings. The summed E-state index contributed by atoms with van der Waals surface area (Å²) < 4.78 is 1.38. The lowest BCUT2D eigenvalue weighted by Crippen LogP contribution is -2.14. The normalized spacial score (nSPS) is 12.1. The number of nitrogens with zero attached hydrogens (tertiary/aromatic N) is 6. The molecule has 7 heteroatoms. The summed E-state index contributed by atoms with van der Waals surface area (Å²) in [5, 5.41) is 12.7. The lowest BCUT2D eigenvalue weighted by atomic mass is 10.3. The first-order chi connectivity index (χ1) is 7.72. The first-order valence-corrected chi connectivity index (χ1v) is 4.62. The summed E-state index contributed by atoms with van der Waals surface area (Å²) in [4.78, 5) is 12.0. The van der Waals surface area contributed by atoms with Crippen molar-refractivity contribution in [1.29, 1.82) is 5.26 Å². The van der Waals surface area contributed by atoms with Crippen LogP contribution in [0.15, 0.2) is 18.5 Å². The van der Waals surface area contributed by atoms with Gasteiger partial charge < -0.3 is 5.73 Å². The van der Waals surface area contributed by atoms with E-state index in [4.69, 9.17) is 11.0 Å². The minimum absolute atomic E-state index is 0.0553. The van der Waals surface area contributed by atoms with Crippen molar-refractivity contribution in [3.05, 3.63) is 30.1 Å². The average Bonchev–Trinajstić information content (AvgIpc) is 2.74. The van der Waals surface area contributed by atoms with Crippen LogP contribution in [0.25, 0.3) is 5.95 Å². The summed E-state index contributed by atoms with van der Waals surface area (Å²) in [6.07, 6.45) is 3.17. The van der Waals surface area contributed by atoms with Gasteiger partial charge in [0.2, 0.25) is 0 Å². The molecule has 80 valence electrons. The van der Waals surface area contributed by atoms with Crippen LogP contribution in [0, 0.1) is 11.3 Å². The number of hydrogen-bond acceptors (Lipinski definition) is 6. The Balaban J connectivity index is 2.56. The van der Waals surface area contributed by atoms with Crippen LogP contribution in [0.5, 0.6) is 0 Å². The van der Waals surface area contributed by atoms with Gasteiger partial charge in [-0.3, -0.25) is 0 Å². The van der Waals surface area contributed by atoms with Gasteiger partial charge in [-0.25, -0.2) is 15.0 Å². The van der Waals surface area contributed by atoms with Crippen molar-refractivity contribution in [1.82, 2.24) is 24.7 Å². The smallest absolute Gasteiger partial charge is 0.253 e. The van der Waals surface area contributed by atoms with E-state index in [-0.39, 0.29) is 11.9 Å². The zero-order valence-corrected chi connectivity index (χ0v) is 8.57. The molecule has 0 aliphatic carbocycles. The summed E-state index contributed by atoms with van der Waals surface area (Å²) in [6.45, 7) is 1.75. The zero-order valence-electron chi connectivity index (χ0n) is 8.57. The fraction of sp³-hybridized carbons (Fsp3) is 0.222. The van der Waals surface area contributed by atoms with E-state index in [0.29, 0.717) is 11.8 Å². The summed E-state index contributed by atoms with van der Waals surface area (Å²) in [7, 11) is 0. The highest BCUT2D eigenvalue weighted by atomic mass is 15.4. The van der Waals surface area contributed by atoms with E-state index >= 15 is 0 Å². The first kappa shape index (κ1) is 10.2. The van der Waals surface area contributed by atoms with Crippen molar-refractivity contribution in [3.63, 3.8) is 0 Å². The molecule has 1 atom stereocenters. The summed E-state index contributed by atoms with van der Waals surface area (Å²) in [5.41, 5.74) is 5.73. The zero-order chi connectivity index (χ0) is 11.5. The van der Waals surface area contributed by atoms with Gasteiger partial charge in [-0.2, -0.15) is 9.94 Å². The standard InChI is InChI=1S/C9H9N7/c1-6(11)8-14-7(5-10)15-16(8)9-12-3-2-4-13-9/h2-4,6H,11H2,1H3. The molecule has 7 nitrogen and oxygen atoms in total. The van der Waals surface area contributed by atoms with E-state index in [1.54, 1.807) is 25.4 Å². The third-order valence-corrected chi connectivity index (χ3v) is 1.88. The topological polar surface area (TPSA) is 106 Å². The molecule has 0 aliphatic heterocycles. The second kappa shape index (κ2) is 4.04. The lowest BCUT2D eigenvalue weighted by molar-refractivity contribution is 0.669. The van der Waals surface area contributed by atoms with E-state index < -0.39 is 0 Å².